The Kier molecular flexibility index (Phi) is 4.84. The zero-order valence-corrected chi connectivity index (χ0v) is 12.5. The molecular weight excluding hydrogens is 379 g/mol. The van der Waals surface area contributed by atoms with Crippen LogP contribution in [0.25, 0.3) is 0 Å². The summed E-state index contributed by atoms with van der Waals surface area (Å²) in [5, 5.41) is 28.0. The normalized spacial score (nSPS) is 19.9. The second-order valence-corrected chi connectivity index (χ2v) is 5.45. The van der Waals surface area contributed by atoms with Gasteiger partial charge in [0.25, 0.3) is 0 Å². The third-order valence-corrected chi connectivity index (χ3v) is 3.41. The molecule has 0 saturated carbocycles. The summed E-state index contributed by atoms with van der Waals surface area (Å²) in [6, 6.07) is 7.48. The van der Waals surface area contributed by atoms with E-state index in [1.807, 2.05) is 24.3 Å². The number of aliphatic hydroxyl groups is 3. The summed E-state index contributed by atoms with van der Waals surface area (Å²) in [5.41, 5.74) is 0.841. The predicted molar refractivity (Wildman–Crippen MR) is 76.6 cm³/mol. The Morgan fingerprint density at radius 2 is 2.20 bits per heavy atom. The minimum Gasteiger partial charge on any atom is -0.499 e. The third-order valence-electron chi connectivity index (χ3n) is 2.74. The van der Waals surface area contributed by atoms with Crippen LogP contribution >= 0.6 is 22.6 Å². The Morgan fingerprint density at radius 3 is 2.85 bits per heavy atom. The van der Waals surface area contributed by atoms with Gasteiger partial charge in [-0.2, -0.15) is 0 Å². The molecule has 20 heavy (non-hydrogen) atoms. The Labute approximate surface area is 128 Å². The molecule has 1 aromatic carbocycles. The average Bonchev–Trinajstić information content (AvgIpc) is 2.72. The molecule has 1 aromatic rings. The van der Waals surface area contributed by atoms with Crippen LogP contribution in [0, 0.1) is 3.57 Å². The van der Waals surface area contributed by atoms with Crippen molar-refractivity contribution in [2.24, 2.45) is 0 Å². The molecular formula is C13H13IO6. The molecule has 1 aliphatic rings. The monoisotopic (exact) mass is 392 g/mol. The zero-order chi connectivity index (χ0) is 14.7. The first-order valence-electron chi connectivity index (χ1n) is 5.83. The lowest BCUT2D eigenvalue weighted by Gasteiger charge is -2.18. The number of benzene rings is 1. The van der Waals surface area contributed by atoms with Crippen LogP contribution in [-0.4, -0.2) is 40.1 Å². The Balaban J connectivity index is 2.11. The van der Waals surface area contributed by atoms with Gasteiger partial charge >= 0.3 is 5.97 Å². The number of rotatable bonds is 5. The molecule has 2 atom stereocenters. The van der Waals surface area contributed by atoms with E-state index < -0.39 is 30.5 Å². The number of hydrogen-bond donors (Lipinski definition) is 3. The smallest absolute Gasteiger partial charge is 0.378 e. The SMILES string of the molecule is O=C1O[C@H]([C@@H](O)CO)C(OCc2cccc(I)c2)=C1O. The van der Waals surface area contributed by atoms with E-state index in [1.54, 1.807) is 0 Å². The van der Waals surface area contributed by atoms with E-state index >= 15 is 0 Å². The van der Waals surface area contributed by atoms with Crippen LogP contribution in [0.5, 0.6) is 0 Å². The van der Waals surface area contributed by atoms with Crippen molar-refractivity contribution in [2.45, 2.75) is 18.8 Å². The highest BCUT2D eigenvalue weighted by Crippen LogP contribution is 2.26. The maximum absolute atomic E-state index is 11.3. The van der Waals surface area contributed by atoms with E-state index in [0.717, 1.165) is 9.13 Å². The number of esters is 1. The predicted octanol–water partition coefficient (Wildman–Crippen LogP) is 0.856. The first kappa shape index (κ1) is 15.1. The van der Waals surface area contributed by atoms with Gasteiger partial charge < -0.3 is 24.8 Å². The third kappa shape index (κ3) is 3.22. The van der Waals surface area contributed by atoms with Crippen molar-refractivity contribution in [3.05, 3.63) is 44.9 Å². The molecule has 0 aromatic heterocycles. The lowest BCUT2D eigenvalue weighted by molar-refractivity contribution is -0.148. The molecule has 0 spiro atoms. The molecule has 0 amide bonds. The van der Waals surface area contributed by atoms with Crippen molar-refractivity contribution in [1.82, 2.24) is 0 Å². The molecule has 0 unspecified atom stereocenters. The standard InChI is InChI=1S/C13H13IO6/c14-8-3-1-2-7(4-8)6-19-12-10(17)13(18)20-11(12)9(16)5-15/h1-4,9,11,15-17H,5-6H2/t9-,11+/m0/s1. The molecule has 1 aliphatic heterocycles. The molecule has 108 valence electrons. The summed E-state index contributed by atoms with van der Waals surface area (Å²) < 4.78 is 11.1. The lowest BCUT2D eigenvalue weighted by Crippen LogP contribution is -2.32. The average molecular weight is 392 g/mol. The van der Waals surface area contributed by atoms with Crippen LogP contribution < -0.4 is 0 Å². The topological polar surface area (TPSA) is 96.2 Å². The highest BCUT2D eigenvalue weighted by molar-refractivity contribution is 14.1. The summed E-state index contributed by atoms with van der Waals surface area (Å²) >= 11 is 2.15. The molecule has 0 aliphatic carbocycles. The van der Waals surface area contributed by atoms with Gasteiger partial charge in [-0.15, -0.1) is 0 Å². The molecule has 0 fully saturated rings. The van der Waals surface area contributed by atoms with E-state index in [4.69, 9.17) is 14.6 Å². The van der Waals surface area contributed by atoms with Crippen molar-refractivity contribution >= 4 is 28.6 Å². The zero-order valence-electron chi connectivity index (χ0n) is 10.3. The number of ether oxygens (including phenoxy) is 2. The molecule has 6 nitrogen and oxygen atoms in total. The van der Waals surface area contributed by atoms with Crippen LogP contribution in [0.1, 0.15) is 5.56 Å². The summed E-state index contributed by atoms with van der Waals surface area (Å²) in [7, 11) is 0. The summed E-state index contributed by atoms with van der Waals surface area (Å²) in [5.74, 6) is -1.80. The van der Waals surface area contributed by atoms with Crippen molar-refractivity contribution in [1.29, 1.82) is 0 Å². The molecule has 0 saturated heterocycles. The Morgan fingerprint density at radius 1 is 1.45 bits per heavy atom. The highest BCUT2D eigenvalue weighted by atomic mass is 127. The minimum absolute atomic E-state index is 0.113. The van der Waals surface area contributed by atoms with E-state index in [0.29, 0.717) is 0 Å². The van der Waals surface area contributed by atoms with Crippen LogP contribution in [-0.2, 0) is 20.9 Å². The fourth-order valence-corrected chi connectivity index (χ4v) is 2.35. The van der Waals surface area contributed by atoms with Crippen molar-refractivity contribution in [3.8, 4) is 0 Å². The lowest BCUT2D eigenvalue weighted by atomic mass is 10.2. The van der Waals surface area contributed by atoms with Crippen LogP contribution in [0.2, 0.25) is 0 Å². The van der Waals surface area contributed by atoms with Gasteiger partial charge in [-0.1, -0.05) is 12.1 Å². The number of carbonyl (C=O) groups excluding carboxylic acids is 1. The fourth-order valence-electron chi connectivity index (χ4n) is 1.75. The maximum atomic E-state index is 11.3. The van der Waals surface area contributed by atoms with Gasteiger partial charge in [0, 0.05) is 3.57 Å². The number of cyclic esters (lactones) is 1. The minimum atomic E-state index is -1.34. The Bertz CT molecular complexity index is 541. The Hall–Kier alpha value is -1.32. The van der Waals surface area contributed by atoms with Gasteiger partial charge in [-0.05, 0) is 40.3 Å². The van der Waals surface area contributed by atoms with Gasteiger partial charge in [0.15, 0.2) is 11.9 Å². The molecule has 2 rings (SSSR count). The second-order valence-electron chi connectivity index (χ2n) is 4.21. The van der Waals surface area contributed by atoms with Gasteiger partial charge in [0.2, 0.25) is 5.76 Å². The first-order chi connectivity index (χ1) is 9.52. The largest absolute Gasteiger partial charge is 0.499 e. The van der Waals surface area contributed by atoms with Gasteiger partial charge in [-0.25, -0.2) is 4.79 Å². The summed E-state index contributed by atoms with van der Waals surface area (Å²) in [4.78, 5) is 11.3. The number of halogens is 1. The van der Waals surface area contributed by atoms with E-state index in [1.165, 1.54) is 0 Å². The van der Waals surface area contributed by atoms with Gasteiger partial charge in [0.1, 0.15) is 12.7 Å². The van der Waals surface area contributed by atoms with E-state index in [-0.39, 0.29) is 12.4 Å². The van der Waals surface area contributed by atoms with Crippen LogP contribution in [0.4, 0.5) is 0 Å². The van der Waals surface area contributed by atoms with E-state index in [2.05, 4.69) is 22.6 Å². The quantitative estimate of drug-likeness (QED) is 0.508. The van der Waals surface area contributed by atoms with Crippen molar-refractivity contribution in [3.63, 3.8) is 0 Å². The van der Waals surface area contributed by atoms with Gasteiger partial charge in [-0.3, -0.25) is 0 Å². The molecule has 0 radical (unpaired) electrons. The molecule has 0 bridgehead atoms. The summed E-state index contributed by atoms with van der Waals surface area (Å²) in [6.45, 7) is -0.497. The maximum Gasteiger partial charge on any atom is 0.378 e. The van der Waals surface area contributed by atoms with Gasteiger partial charge in [0.05, 0.1) is 6.61 Å². The number of aliphatic hydroxyl groups excluding tert-OH is 3. The van der Waals surface area contributed by atoms with Crippen LogP contribution in [0.3, 0.4) is 0 Å². The van der Waals surface area contributed by atoms with E-state index in [9.17, 15) is 15.0 Å². The summed E-state index contributed by atoms with van der Waals surface area (Å²) in [6.07, 6.45) is -2.52. The molecule has 3 N–H and O–H groups in total. The fraction of sp³-hybridized carbons (Fsp3) is 0.308. The van der Waals surface area contributed by atoms with Crippen molar-refractivity contribution in [2.75, 3.05) is 6.61 Å². The van der Waals surface area contributed by atoms with Crippen LogP contribution in [0.15, 0.2) is 35.8 Å². The number of carbonyl (C=O) groups is 1. The van der Waals surface area contributed by atoms with Crippen molar-refractivity contribution < 1.29 is 29.6 Å². The number of hydrogen-bond acceptors (Lipinski definition) is 6. The highest BCUT2D eigenvalue weighted by Gasteiger charge is 2.40. The molecule has 1 heterocycles. The first-order valence-corrected chi connectivity index (χ1v) is 6.91. The second kappa shape index (κ2) is 6.42. The molecule has 7 heteroatoms.